The molecule has 10 nitrogen and oxygen atoms in total. The summed E-state index contributed by atoms with van der Waals surface area (Å²) in [6.45, 7) is 2.72. The highest BCUT2D eigenvalue weighted by molar-refractivity contribution is 7.89. The first-order valence-electron chi connectivity index (χ1n) is 9.51. The molecular weight excluding hydrogens is 429 g/mol. The molecule has 0 saturated carbocycles. The number of sulfonamides is 1. The van der Waals surface area contributed by atoms with Crippen molar-refractivity contribution in [3.8, 4) is 0 Å². The predicted octanol–water partition coefficient (Wildman–Crippen LogP) is 1.05. The van der Waals surface area contributed by atoms with Crippen molar-refractivity contribution in [3.05, 3.63) is 48.3 Å². The third-order valence-corrected chi connectivity index (χ3v) is 6.63. The fourth-order valence-electron chi connectivity index (χ4n) is 3.03. The van der Waals surface area contributed by atoms with Gasteiger partial charge in [-0.2, -0.15) is 4.31 Å². The molecule has 1 aliphatic heterocycles. The maximum absolute atomic E-state index is 13.0. The van der Waals surface area contributed by atoms with E-state index < -0.39 is 27.9 Å². The molecule has 0 aliphatic carbocycles. The molecular formula is C19H20FN5O5S. The first-order valence-corrected chi connectivity index (χ1v) is 11.0. The number of rotatable bonds is 6. The van der Waals surface area contributed by atoms with E-state index in [1.165, 1.54) is 53.7 Å². The van der Waals surface area contributed by atoms with Crippen LogP contribution in [0.5, 0.6) is 0 Å². The lowest BCUT2D eigenvalue weighted by Crippen LogP contribution is -2.40. The van der Waals surface area contributed by atoms with Gasteiger partial charge in [-0.15, -0.1) is 5.10 Å². The number of morpholine rings is 1. The number of benzene rings is 2. The Morgan fingerprint density at radius 3 is 2.61 bits per heavy atom. The van der Waals surface area contributed by atoms with E-state index in [9.17, 15) is 17.6 Å². The Labute approximate surface area is 177 Å². The van der Waals surface area contributed by atoms with Gasteiger partial charge in [0.1, 0.15) is 16.9 Å². The number of carbonyl (C=O) groups excluding carboxylic acids is 1. The van der Waals surface area contributed by atoms with E-state index in [0.717, 1.165) is 4.85 Å². The molecule has 1 aromatic heterocycles. The molecule has 1 unspecified atom stereocenters. The number of hydrogen-bond donors (Lipinski definition) is 1. The van der Waals surface area contributed by atoms with Gasteiger partial charge in [0.25, 0.3) is 5.91 Å². The van der Waals surface area contributed by atoms with Crippen molar-refractivity contribution in [2.24, 2.45) is 0 Å². The van der Waals surface area contributed by atoms with Gasteiger partial charge in [-0.1, -0.05) is 4.85 Å². The first-order chi connectivity index (χ1) is 14.8. The van der Waals surface area contributed by atoms with Crippen LogP contribution in [-0.2, 0) is 19.6 Å². The van der Waals surface area contributed by atoms with Crippen molar-refractivity contribution in [1.82, 2.24) is 19.5 Å². The van der Waals surface area contributed by atoms with Crippen LogP contribution in [0, 0.1) is 5.82 Å². The molecule has 1 saturated heterocycles. The maximum atomic E-state index is 13.0. The number of nitrogens with one attached hydrogen (secondary N) is 1. The number of anilines is 1. The van der Waals surface area contributed by atoms with Crippen molar-refractivity contribution in [1.29, 1.82) is 0 Å². The summed E-state index contributed by atoms with van der Waals surface area (Å²) in [4.78, 5) is 19.0. The predicted molar refractivity (Wildman–Crippen MR) is 108 cm³/mol. The SMILES string of the molecule is CC(On1nnc2ccc(S(=O)(=O)N3CCOCC3)cc21)C(=O)Nc1ccc(F)cc1. The van der Waals surface area contributed by atoms with Crippen LogP contribution in [0.4, 0.5) is 10.1 Å². The Bertz CT molecular complexity index is 1190. The summed E-state index contributed by atoms with van der Waals surface area (Å²) in [5.41, 5.74) is 1.12. The molecule has 0 radical (unpaired) electrons. The number of carbonyl (C=O) groups is 1. The first kappa shape index (κ1) is 21.2. The second-order valence-corrected chi connectivity index (χ2v) is 8.81. The zero-order chi connectivity index (χ0) is 22.0. The summed E-state index contributed by atoms with van der Waals surface area (Å²) >= 11 is 0. The molecule has 0 spiro atoms. The smallest absolute Gasteiger partial charge is 0.267 e. The molecule has 164 valence electrons. The van der Waals surface area contributed by atoms with E-state index in [1.54, 1.807) is 0 Å². The molecule has 1 aliphatic rings. The lowest BCUT2D eigenvalue weighted by molar-refractivity contribution is -0.127. The van der Waals surface area contributed by atoms with Gasteiger partial charge in [0, 0.05) is 18.8 Å². The molecule has 1 fully saturated rings. The molecule has 2 aromatic carbocycles. The van der Waals surface area contributed by atoms with Crippen molar-refractivity contribution >= 4 is 32.7 Å². The summed E-state index contributed by atoms with van der Waals surface area (Å²) in [6.07, 6.45) is -0.991. The summed E-state index contributed by atoms with van der Waals surface area (Å²) in [5.74, 6) is -0.911. The maximum Gasteiger partial charge on any atom is 0.267 e. The molecule has 0 bridgehead atoms. The average molecular weight is 449 g/mol. The van der Waals surface area contributed by atoms with E-state index in [1.807, 2.05) is 0 Å². The number of ether oxygens (including phenoxy) is 1. The topological polar surface area (TPSA) is 116 Å². The minimum Gasteiger partial charge on any atom is -0.382 e. The Kier molecular flexibility index (Phi) is 5.85. The fourth-order valence-corrected chi connectivity index (χ4v) is 4.46. The zero-order valence-electron chi connectivity index (χ0n) is 16.6. The normalized spacial score (nSPS) is 16.2. The standard InChI is InChI=1S/C19H20FN5O5S/c1-13(19(26)21-15-4-2-14(20)3-5-15)30-25-18-12-16(6-7-17(18)22-23-25)31(27,28)24-8-10-29-11-9-24/h2-7,12-13H,8-11H2,1H3,(H,21,26). The van der Waals surface area contributed by atoms with Gasteiger partial charge < -0.3 is 14.9 Å². The van der Waals surface area contributed by atoms with Crippen LogP contribution in [0.1, 0.15) is 6.92 Å². The number of halogens is 1. The van der Waals surface area contributed by atoms with E-state index in [-0.39, 0.29) is 18.0 Å². The molecule has 3 aromatic rings. The summed E-state index contributed by atoms with van der Waals surface area (Å²) in [6, 6.07) is 9.69. The van der Waals surface area contributed by atoms with Crippen molar-refractivity contribution in [2.75, 3.05) is 31.6 Å². The molecule has 2 heterocycles. The van der Waals surface area contributed by atoms with Crippen LogP contribution in [-0.4, -0.2) is 66.2 Å². The summed E-state index contributed by atoms with van der Waals surface area (Å²) < 4.78 is 45.4. The molecule has 1 amide bonds. The minimum absolute atomic E-state index is 0.0671. The van der Waals surface area contributed by atoms with Crippen LogP contribution in [0.15, 0.2) is 47.4 Å². The number of amides is 1. The van der Waals surface area contributed by atoms with Crippen LogP contribution in [0.2, 0.25) is 0 Å². The van der Waals surface area contributed by atoms with Gasteiger partial charge in [-0.05, 0) is 54.6 Å². The largest absolute Gasteiger partial charge is 0.382 e. The van der Waals surface area contributed by atoms with Gasteiger partial charge in [-0.3, -0.25) is 4.79 Å². The van der Waals surface area contributed by atoms with E-state index in [0.29, 0.717) is 29.9 Å². The van der Waals surface area contributed by atoms with Gasteiger partial charge in [0.15, 0.2) is 0 Å². The van der Waals surface area contributed by atoms with Crippen LogP contribution >= 0.6 is 0 Å². The van der Waals surface area contributed by atoms with Gasteiger partial charge in [0.2, 0.25) is 16.1 Å². The second kappa shape index (κ2) is 8.57. The molecule has 4 rings (SSSR count). The van der Waals surface area contributed by atoms with Crippen LogP contribution in [0.25, 0.3) is 11.0 Å². The van der Waals surface area contributed by atoms with E-state index >= 15 is 0 Å². The zero-order valence-corrected chi connectivity index (χ0v) is 17.4. The fraction of sp³-hybridized carbons (Fsp3) is 0.316. The van der Waals surface area contributed by atoms with Crippen molar-refractivity contribution in [2.45, 2.75) is 17.9 Å². The highest BCUT2D eigenvalue weighted by atomic mass is 32.2. The van der Waals surface area contributed by atoms with Gasteiger partial charge in [-0.25, -0.2) is 12.8 Å². The van der Waals surface area contributed by atoms with Crippen LogP contribution in [0.3, 0.4) is 0 Å². The number of hydrogen-bond acceptors (Lipinski definition) is 7. The number of fused-ring (bicyclic) bond motifs is 1. The van der Waals surface area contributed by atoms with E-state index in [4.69, 9.17) is 9.57 Å². The molecule has 1 N–H and O–H groups in total. The monoisotopic (exact) mass is 449 g/mol. The highest BCUT2D eigenvalue weighted by Gasteiger charge is 2.27. The summed E-state index contributed by atoms with van der Waals surface area (Å²) in [5, 5.41) is 10.4. The summed E-state index contributed by atoms with van der Waals surface area (Å²) in [7, 11) is -3.72. The number of aromatic nitrogens is 3. The Hall–Kier alpha value is -3.09. The lowest BCUT2D eigenvalue weighted by atomic mass is 10.3. The lowest BCUT2D eigenvalue weighted by Gasteiger charge is -2.26. The quantitative estimate of drug-likeness (QED) is 0.598. The van der Waals surface area contributed by atoms with Crippen molar-refractivity contribution in [3.63, 3.8) is 0 Å². The molecule has 31 heavy (non-hydrogen) atoms. The third kappa shape index (κ3) is 4.50. The minimum atomic E-state index is -3.72. The van der Waals surface area contributed by atoms with Crippen molar-refractivity contribution < 1.29 is 27.2 Å². The number of nitrogens with zero attached hydrogens (tertiary/aromatic N) is 4. The second-order valence-electron chi connectivity index (χ2n) is 6.87. The molecule has 1 atom stereocenters. The molecule has 12 heteroatoms. The Balaban J connectivity index is 1.53. The van der Waals surface area contributed by atoms with Gasteiger partial charge in [0.05, 0.1) is 18.1 Å². The van der Waals surface area contributed by atoms with Gasteiger partial charge >= 0.3 is 0 Å². The Morgan fingerprint density at radius 1 is 1.19 bits per heavy atom. The Morgan fingerprint density at radius 2 is 1.90 bits per heavy atom. The van der Waals surface area contributed by atoms with E-state index in [2.05, 4.69) is 15.6 Å². The third-order valence-electron chi connectivity index (χ3n) is 4.73. The highest BCUT2D eigenvalue weighted by Crippen LogP contribution is 2.21. The average Bonchev–Trinajstić information content (AvgIpc) is 3.18. The van der Waals surface area contributed by atoms with Crippen LogP contribution < -0.4 is 10.2 Å².